The molecule has 0 spiro atoms. The molecule has 6 heteroatoms. The second-order valence-electron chi connectivity index (χ2n) is 4.42. The fourth-order valence-electron chi connectivity index (χ4n) is 1.72. The number of sulfonamides is 1. The molecule has 20 heavy (non-hydrogen) atoms. The predicted molar refractivity (Wildman–Crippen MR) is 77.4 cm³/mol. The van der Waals surface area contributed by atoms with Gasteiger partial charge in [-0.3, -0.25) is 4.99 Å². The maximum absolute atomic E-state index is 11.1. The third-order valence-electron chi connectivity index (χ3n) is 2.76. The minimum atomic E-state index is -3.62. The molecule has 0 aliphatic rings. The van der Waals surface area contributed by atoms with Crippen LogP contribution in [-0.4, -0.2) is 21.2 Å². The van der Waals surface area contributed by atoms with E-state index in [4.69, 9.17) is 9.56 Å². The van der Waals surface area contributed by atoms with Crippen molar-refractivity contribution in [2.24, 2.45) is 10.1 Å². The Kier molecular flexibility index (Phi) is 4.36. The van der Waals surface area contributed by atoms with E-state index in [9.17, 15) is 8.42 Å². The van der Waals surface area contributed by atoms with E-state index in [-0.39, 0.29) is 4.90 Å². The third kappa shape index (κ3) is 4.04. The molecule has 1 aromatic heterocycles. The van der Waals surface area contributed by atoms with Crippen molar-refractivity contribution >= 4 is 16.2 Å². The summed E-state index contributed by atoms with van der Waals surface area (Å²) in [6, 6.07) is 10.2. The Morgan fingerprint density at radius 3 is 2.45 bits per heavy atom. The summed E-state index contributed by atoms with van der Waals surface area (Å²) in [6.45, 7) is 2.48. The van der Waals surface area contributed by atoms with E-state index in [0.29, 0.717) is 6.54 Å². The lowest BCUT2D eigenvalue weighted by molar-refractivity contribution is 0.527. The molecule has 2 rings (SSSR count). The Labute approximate surface area is 118 Å². The van der Waals surface area contributed by atoms with E-state index < -0.39 is 10.0 Å². The van der Waals surface area contributed by atoms with Gasteiger partial charge >= 0.3 is 0 Å². The molecule has 106 valence electrons. The Hall–Kier alpha value is -1.92. The van der Waals surface area contributed by atoms with E-state index in [2.05, 4.69) is 4.99 Å². The van der Waals surface area contributed by atoms with Gasteiger partial charge in [0.25, 0.3) is 0 Å². The number of nitrogens with two attached hydrogens (primary N) is 1. The molecule has 1 aromatic carbocycles. The fourth-order valence-corrected chi connectivity index (χ4v) is 2.23. The molecule has 0 bridgehead atoms. The van der Waals surface area contributed by atoms with Crippen LogP contribution < -0.4 is 5.14 Å². The Balaban J connectivity index is 1.90. The highest BCUT2D eigenvalue weighted by molar-refractivity contribution is 7.89. The van der Waals surface area contributed by atoms with Crippen molar-refractivity contribution in [1.82, 2.24) is 0 Å². The standard InChI is InChI=1S/C14H16N2O3S/c1-11-2-5-13(19-11)10-16-9-8-12-3-6-14(7-4-12)20(15,17)18/h2-7,10H,8-9H2,1H3,(H2,15,17,18). The van der Waals surface area contributed by atoms with Crippen molar-refractivity contribution in [2.45, 2.75) is 18.2 Å². The first-order valence-electron chi connectivity index (χ1n) is 6.13. The minimum Gasteiger partial charge on any atom is -0.460 e. The van der Waals surface area contributed by atoms with Crippen molar-refractivity contribution in [3.8, 4) is 0 Å². The second kappa shape index (κ2) is 6.02. The molecule has 2 aromatic rings. The molecule has 0 unspecified atom stereocenters. The van der Waals surface area contributed by atoms with Crippen molar-refractivity contribution in [3.05, 3.63) is 53.5 Å². The number of rotatable bonds is 5. The van der Waals surface area contributed by atoms with Crippen molar-refractivity contribution in [1.29, 1.82) is 0 Å². The van der Waals surface area contributed by atoms with Gasteiger partial charge in [-0.05, 0) is 43.2 Å². The zero-order valence-electron chi connectivity index (χ0n) is 11.1. The summed E-state index contributed by atoms with van der Waals surface area (Å²) in [5, 5.41) is 5.03. The summed E-state index contributed by atoms with van der Waals surface area (Å²) in [5.74, 6) is 1.58. The van der Waals surface area contributed by atoms with Crippen molar-refractivity contribution < 1.29 is 12.8 Å². The molecule has 0 saturated heterocycles. The van der Waals surface area contributed by atoms with Gasteiger partial charge in [0.2, 0.25) is 10.0 Å². The van der Waals surface area contributed by atoms with Crippen LogP contribution in [-0.2, 0) is 16.4 Å². The number of primary sulfonamides is 1. The van der Waals surface area contributed by atoms with Crippen LogP contribution in [0.5, 0.6) is 0 Å². The van der Waals surface area contributed by atoms with Gasteiger partial charge in [0.1, 0.15) is 11.5 Å². The molecule has 0 radical (unpaired) electrons. The SMILES string of the molecule is Cc1ccc(C=NCCc2ccc(S(N)(=O)=O)cc2)o1. The highest BCUT2D eigenvalue weighted by Gasteiger charge is 2.06. The summed E-state index contributed by atoms with van der Waals surface area (Å²) in [6.07, 6.45) is 2.41. The zero-order valence-corrected chi connectivity index (χ0v) is 11.9. The van der Waals surface area contributed by atoms with Gasteiger partial charge in [-0.1, -0.05) is 12.1 Å². The van der Waals surface area contributed by atoms with Gasteiger partial charge in [0.05, 0.1) is 11.1 Å². The first-order chi connectivity index (χ1) is 9.45. The summed E-state index contributed by atoms with van der Waals surface area (Å²) < 4.78 is 27.6. The molecule has 0 fully saturated rings. The van der Waals surface area contributed by atoms with Crippen molar-refractivity contribution in [3.63, 3.8) is 0 Å². The quantitative estimate of drug-likeness (QED) is 0.854. The van der Waals surface area contributed by atoms with Crippen LogP contribution in [0, 0.1) is 6.92 Å². The smallest absolute Gasteiger partial charge is 0.238 e. The molecule has 0 atom stereocenters. The van der Waals surface area contributed by atoms with Crippen LogP contribution in [0.4, 0.5) is 0 Å². The molecule has 0 aliphatic carbocycles. The number of furan rings is 1. The minimum absolute atomic E-state index is 0.121. The monoisotopic (exact) mass is 292 g/mol. The first-order valence-corrected chi connectivity index (χ1v) is 7.68. The summed E-state index contributed by atoms with van der Waals surface area (Å²) in [5.41, 5.74) is 1.00. The number of aryl methyl sites for hydroxylation is 1. The van der Waals surface area contributed by atoms with Crippen LogP contribution in [0.15, 0.2) is 50.7 Å². The molecule has 0 saturated carbocycles. The van der Waals surface area contributed by atoms with Gasteiger partial charge < -0.3 is 4.42 Å². The molecule has 5 nitrogen and oxygen atoms in total. The largest absolute Gasteiger partial charge is 0.460 e. The van der Waals surface area contributed by atoms with Gasteiger partial charge in [-0.15, -0.1) is 0 Å². The lowest BCUT2D eigenvalue weighted by atomic mass is 10.1. The average Bonchev–Trinajstić information content (AvgIpc) is 2.80. The van der Waals surface area contributed by atoms with Crippen molar-refractivity contribution in [2.75, 3.05) is 6.54 Å². The van der Waals surface area contributed by atoms with Crippen LogP contribution in [0.3, 0.4) is 0 Å². The number of aliphatic imine (C=N–C) groups is 1. The lowest BCUT2D eigenvalue weighted by Gasteiger charge is -2.00. The predicted octanol–water partition coefficient (Wildman–Crippen LogP) is 1.90. The summed E-state index contributed by atoms with van der Waals surface area (Å²) >= 11 is 0. The van der Waals surface area contributed by atoms with E-state index >= 15 is 0 Å². The average molecular weight is 292 g/mol. The summed E-state index contributed by atoms with van der Waals surface area (Å²) in [7, 11) is -3.62. The van der Waals surface area contributed by atoms with E-state index in [1.807, 2.05) is 19.1 Å². The normalized spacial score (nSPS) is 12.1. The van der Waals surface area contributed by atoms with Gasteiger partial charge in [-0.25, -0.2) is 13.6 Å². The van der Waals surface area contributed by atoms with Crippen LogP contribution in [0.25, 0.3) is 0 Å². The topological polar surface area (TPSA) is 85.7 Å². The molecular weight excluding hydrogens is 276 g/mol. The fraction of sp³-hybridized carbons (Fsp3) is 0.214. The first kappa shape index (κ1) is 14.5. The van der Waals surface area contributed by atoms with Crippen LogP contribution >= 0.6 is 0 Å². The molecular formula is C14H16N2O3S. The van der Waals surface area contributed by atoms with E-state index in [0.717, 1.165) is 23.5 Å². The second-order valence-corrected chi connectivity index (χ2v) is 5.98. The Bertz CT molecular complexity index is 700. The highest BCUT2D eigenvalue weighted by Crippen LogP contribution is 2.09. The lowest BCUT2D eigenvalue weighted by Crippen LogP contribution is -2.11. The summed E-state index contributed by atoms with van der Waals surface area (Å²) in [4.78, 5) is 4.38. The molecule has 0 amide bonds. The van der Waals surface area contributed by atoms with Crippen LogP contribution in [0.2, 0.25) is 0 Å². The number of hydrogen-bond acceptors (Lipinski definition) is 4. The Morgan fingerprint density at radius 1 is 1.20 bits per heavy atom. The molecule has 1 heterocycles. The highest BCUT2D eigenvalue weighted by atomic mass is 32.2. The van der Waals surface area contributed by atoms with Gasteiger partial charge in [-0.2, -0.15) is 0 Å². The third-order valence-corrected chi connectivity index (χ3v) is 3.69. The maximum Gasteiger partial charge on any atom is 0.238 e. The van der Waals surface area contributed by atoms with Gasteiger partial charge in [0.15, 0.2) is 0 Å². The van der Waals surface area contributed by atoms with E-state index in [1.54, 1.807) is 18.3 Å². The zero-order chi connectivity index (χ0) is 14.6. The number of nitrogens with zero attached hydrogens (tertiary/aromatic N) is 1. The number of benzene rings is 1. The molecule has 2 N–H and O–H groups in total. The molecule has 0 aliphatic heterocycles. The van der Waals surface area contributed by atoms with Crippen LogP contribution in [0.1, 0.15) is 17.1 Å². The Morgan fingerprint density at radius 2 is 1.90 bits per heavy atom. The number of hydrogen-bond donors (Lipinski definition) is 1. The maximum atomic E-state index is 11.1. The van der Waals surface area contributed by atoms with Gasteiger partial charge in [0, 0.05) is 6.54 Å². The van der Waals surface area contributed by atoms with E-state index in [1.165, 1.54) is 12.1 Å².